The third kappa shape index (κ3) is 4.25. The van der Waals surface area contributed by atoms with Crippen LogP contribution >= 0.6 is 0 Å². The summed E-state index contributed by atoms with van der Waals surface area (Å²) in [6.45, 7) is 0.436. The smallest absolute Gasteiger partial charge is 0.315 e. The maximum atomic E-state index is 11.8. The molecule has 1 fully saturated rings. The number of hydrogen-bond donors (Lipinski definition) is 2. The lowest BCUT2D eigenvalue weighted by Gasteiger charge is -2.23. The van der Waals surface area contributed by atoms with Gasteiger partial charge in [-0.25, -0.2) is 13.2 Å². The zero-order chi connectivity index (χ0) is 16.3. The van der Waals surface area contributed by atoms with Gasteiger partial charge in [0.15, 0.2) is 9.84 Å². The number of carbonyl (C=O) groups excluding carboxylic acids is 1. The average Bonchev–Trinajstić information content (AvgIpc) is 2.88. The lowest BCUT2D eigenvalue weighted by atomic mass is 10.2. The van der Waals surface area contributed by atoms with E-state index in [4.69, 9.17) is 4.42 Å². The molecule has 2 amide bonds. The largest absolute Gasteiger partial charge is 0.461 e. The summed E-state index contributed by atoms with van der Waals surface area (Å²) in [4.78, 5) is 11.8. The number of sulfone groups is 1. The Labute approximate surface area is 135 Å². The summed E-state index contributed by atoms with van der Waals surface area (Å²) in [6, 6.07) is 9.09. The molecule has 1 saturated heterocycles. The van der Waals surface area contributed by atoms with Crippen LogP contribution in [-0.4, -0.2) is 38.5 Å². The van der Waals surface area contributed by atoms with Gasteiger partial charge in [0.2, 0.25) is 0 Å². The number of benzene rings is 1. The molecule has 3 rings (SSSR count). The van der Waals surface area contributed by atoms with E-state index in [1.165, 1.54) is 0 Å². The molecule has 1 atom stereocenters. The van der Waals surface area contributed by atoms with Crippen molar-refractivity contribution in [1.82, 2.24) is 10.6 Å². The number of rotatable bonds is 4. The van der Waals surface area contributed by atoms with Gasteiger partial charge in [0.25, 0.3) is 0 Å². The first-order valence-corrected chi connectivity index (χ1v) is 9.56. The van der Waals surface area contributed by atoms with E-state index in [2.05, 4.69) is 10.6 Å². The Bertz CT molecular complexity index is 764. The fraction of sp³-hybridized carbons (Fsp3) is 0.438. The fourth-order valence-corrected chi connectivity index (χ4v) is 4.47. The Kier molecular flexibility index (Phi) is 4.56. The predicted octanol–water partition coefficient (Wildman–Crippen LogP) is 1.85. The Balaban J connectivity index is 1.45. The highest BCUT2D eigenvalue weighted by Gasteiger charge is 2.25. The third-order valence-corrected chi connectivity index (χ3v) is 5.75. The highest BCUT2D eigenvalue weighted by molar-refractivity contribution is 7.91. The highest BCUT2D eigenvalue weighted by atomic mass is 32.2. The van der Waals surface area contributed by atoms with Gasteiger partial charge in [-0.1, -0.05) is 18.2 Å². The van der Waals surface area contributed by atoms with Crippen LogP contribution < -0.4 is 10.6 Å². The number of urea groups is 1. The summed E-state index contributed by atoms with van der Waals surface area (Å²) in [7, 11) is -3.01. The van der Waals surface area contributed by atoms with Crippen LogP contribution in [0.4, 0.5) is 4.79 Å². The quantitative estimate of drug-likeness (QED) is 0.892. The van der Waals surface area contributed by atoms with Gasteiger partial charge in [-0.15, -0.1) is 0 Å². The fourth-order valence-electron chi connectivity index (χ4n) is 2.83. The molecule has 23 heavy (non-hydrogen) atoms. The van der Waals surface area contributed by atoms with Crippen molar-refractivity contribution in [2.24, 2.45) is 0 Å². The summed E-state index contributed by atoms with van der Waals surface area (Å²) in [5, 5.41) is 6.51. The van der Waals surface area contributed by atoms with E-state index < -0.39 is 9.84 Å². The molecule has 0 saturated carbocycles. The highest BCUT2D eigenvalue weighted by Crippen LogP contribution is 2.18. The van der Waals surface area contributed by atoms with Crippen LogP contribution in [0, 0.1) is 0 Å². The molecule has 1 aromatic carbocycles. The van der Waals surface area contributed by atoms with Gasteiger partial charge in [-0.2, -0.15) is 0 Å². The first-order valence-electron chi connectivity index (χ1n) is 7.74. The molecule has 0 spiro atoms. The Hall–Kier alpha value is -2.02. The maximum Gasteiger partial charge on any atom is 0.315 e. The van der Waals surface area contributed by atoms with E-state index in [-0.39, 0.29) is 23.6 Å². The minimum absolute atomic E-state index is 0.0317. The second-order valence-corrected chi connectivity index (χ2v) is 8.08. The number of nitrogens with one attached hydrogen (secondary N) is 2. The molecule has 1 aromatic heterocycles. The SMILES string of the molecule is O=C(NCCc1cc2ccccc2o1)NC1CCCS(=O)(=O)C1. The maximum absolute atomic E-state index is 11.8. The van der Waals surface area contributed by atoms with E-state index in [9.17, 15) is 13.2 Å². The van der Waals surface area contributed by atoms with Crippen molar-refractivity contribution < 1.29 is 17.6 Å². The van der Waals surface area contributed by atoms with Crippen molar-refractivity contribution in [2.75, 3.05) is 18.1 Å². The average molecular weight is 336 g/mol. The second kappa shape index (κ2) is 6.62. The molecule has 0 bridgehead atoms. The summed E-state index contributed by atoms with van der Waals surface area (Å²) in [6.07, 6.45) is 1.90. The molecule has 0 aliphatic carbocycles. The molecule has 124 valence electrons. The second-order valence-electron chi connectivity index (χ2n) is 5.85. The van der Waals surface area contributed by atoms with E-state index in [0.717, 1.165) is 16.7 Å². The molecule has 6 nitrogen and oxygen atoms in total. The van der Waals surface area contributed by atoms with E-state index in [1.54, 1.807) is 0 Å². The Morgan fingerprint density at radius 3 is 2.91 bits per heavy atom. The summed E-state index contributed by atoms with van der Waals surface area (Å²) in [5.41, 5.74) is 0.833. The van der Waals surface area contributed by atoms with Gasteiger partial charge in [-0.3, -0.25) is 0 Å². The molecule has 1 unspecified atom stereocenters. The third-order valence-electron chi connectivity index (χ3n) is 3.93. The van der Waals surface area contributed by atoms with Crippen molar-refractivity contribution in [3.63, 3.8) is 0 Å². The summed E-state index contributed by atoms with van der Waals surface area (Å²) < 4.78 is 28.8. The summed E-state index contributed by atoms with van der Waals surface area (Å²) in [5.74, 6) is 1.06. The first kappa shape index (κ1) is 15.9. The lowest BCUT2D eigenvalue weighted by Crippen LogP contribution is -2.47. The van der Waals surface area contributed by atoms with Gasteiger partial charge < -0.3 is 15.1 Å². The minimum Gasteiger partial charge on any atom is -0.461 e. The molecule has 2 aromatic rings. The first-order chi connectivity index (χ1) is 11.0. The minimum atomic E-state index is -3.01. The Morgan fingerprint density at radius 1 is 1.30 bits per heavy atom. The topological polar surface area (TPSA) is 88.4 Å². The molecule has 2 heterocycles. The molecule has 1 aliphatic heterocycles. The number of fused-ring (bicyclic) bond motifs is 1. The van der Waals surface area contributed by atoms with Crippen molar-refractivity contribution in [3.05, 3.63) is 36.1 Å². The van der Waals surface area contributed by atoms with Crippen LogP contribution in [0.5, 0.6) is 0 Å². The zero-order valence-corrected chi connectivity index (χ0v) is 13.6. The van der Waals surface area contributed by atoms with Crippen LogP contribution in [0.3, 0.4) is 0 Å². The number of hydrogen-bond acceptors (Lipinski definition) is 4. The van der Waals surface area contributed by atoms with E-state index in [0.29, 0.717) is 25.8 Å². The van der Waals surface area contributed by atoms with Gasteiger partial charge in [0, 0.05) is 24.4 Å². The molecule has 1 aliphatic rings. The monoisotopic (exact) mass is 336 g/mol. The molecular weight excluding hydrogens is 316 g/mol. The number of amides is 2. The van der Waals surface area contributed by atoms with Crippen LogP contribution in [0.2, 0.25) is 0 Å². The lowest BCUT2D eigenvalue weighted by molar-refractivity contribution is 0.237. The standard InChI is InChI=1S/C16H20N2O4S/c19-16(18-13-5-3-9-23(20,21)11-13)17-8-7-14-10-12-4-1-2-6-15(12)22-14/h1-2,4,6,10,13H,3,5,7-9,11H2,(H2,17,18,19). The number of furan rings is 1. The molecule has 2 N–H and O–H groups in total. The zero-order valence-electron chi connectivity index (χ0n) is 12.7. The van der Waals surface area contributed by atoms with Gasteiger partial charge in [0.1, 0.15) is 11.3 Å². The normalized spacial score (nSPS) is 20.3. The molecular formula is C16H20N2O4S. The summed E-state index contributed by atoms with van der Waals surface area (Å²) >= 11 is 0. The molecule has 7 heteroatoms. The number of carbonyl (C=O) groups is 1. The molecule has 0 radical (unpaired) electrons. The number of para-hydroxylation sites is 1. The van der Waals surface area contributed by atoms with E-state index in [1.807, 2.05) is 30.3 Å². The van der Waals surface area contributed by atoms with Gasteiger partial charge in [0.05, 0.1) is 11.5 Å². The van der Waals surface area contributed by atoms with Crippen molar-refractivity contribution in [1.29, 1.82) is 0 Å². The van der Waals surface area contributed by atoms with Crippen LogP contribution in [0.1, 0.15) is 18.6 Å². The Morgan fingerprint density at radius 2 is 2.13 bits per heavy atom. The van der Waals surface area contributed by atoms with Gasteiger partial charge in [-0.05, 0) is 25.0 Å². The van der Waals surface area contributed by atoms with E-state index >= 15 is 0 Å². The van der Waals surface area contributed by atoms with Gasteiger partial charge >= 0.3 is 6.03 Å². The predicted molar refractivity (Wildman–Crippen MR) is 88.1 cm³/mol. The van der Waals surface area contributed by atoms with Crippen LogP contribution in [-0.2, 0) is 16.3 Å². The van der Waals surface area contributed by atoms with Crippen molar-refractivity contribution in [2.45, 2.75) is 25.3 Å². The van der Waals surface area contributed by atoms with Crippen molar-refractivity contribution in [3.8, 4) is 0 Å². The van der Waals surface area contributed by atoms with Crippen molar-refractivity contribution >= 4 is 26.8 Å². The van der Waals surface area contributed by atoms with Crippen LogP contribution in [0.25, 0.3) is 11.0 Å². The van der Waals surface area contributed by atoms with Crippen LogP contribution in [0.15, 0.2) is 34.7 Å².